The predicted molar refractivity (Wildman–Crippen MR) is 88.9 cm³/mol. The molecule has 0 saturated heterocycles. The van der Waals surface area contributed by atoms with Gasteiger partial charge in [0.2, 0.25) is 5.91 Å². The van der Waals surface area contributed by atoms with Crippen LogP contribution in [-0.2, 0) is 9.59 Å². The highest BCUT2D eigenvalue weighted by Gasteiger charge is 2.37. The molecule has 2 rings (SSSR count). The van der Waals surface area contributed by atoms with E-state index in [2.05, 4.69) is 5.32 Å². The van der Waals surface area contributed by atoms with Gasteiger partial charge in [-0.15, -0.1) is 0 Å². The van der Waals surface area contributed by atoms with E-state index in [-0.39, 0.29) is 5.91 Å². The van der Waals surface area contributed by atoms with Crippen molar-refractivity contribution in [1.82, 2.24) is 0 Å². The van der Waals surface area contributed by atoms with E-state index < -0.39 is 17.8 Å². The number of carbonyl (C=O) groups excluding carboxylic acids is 1. The first-order valence-electron chi connectivity index (χ1n) is 7.36. The van der Waals surface area contributed by atoms with E-state index in [0.29, 0.717) is 29.3 Å². The molecule has 0 radical (unpaired) electrons. The van der Waals surface area contributed by atoms with Gasteiger partial charge in [-0.3, -0.25) is 9.59 Å². The summed E-state index contributed by atoms with van der Waals surface area (Å²) in [7, 11) is 1.50. The van der Waals surface area contributed by atoms with Gasteiger partial charge in [-0.05, 0) is 44.9 Å². The normalized spacial score (nSPS) is 21.0. The molecule has 1 aromatic rings. The number of amides is 1. The van der Waals surface area contributed by atoms with E-state index in [1.54, 1.807) is 18.2 Å². The molecule has 1 aromatic carbocycles. The average Bonchev–Trinajstić information content (AvgIpc) is 2.49. The first-order chi connectivity index (χ1) is 10.8. The molecule has 0 saturated carbocycles. The van der Waals surface area contributed by atoms with Gasteiger partial charge in [-0.25, -0.2) is 0 Å². The molecule has 0 unspecified atom stereocenters. The predicted octanol–water partition coefficient (Wildman–Crippen LogP) is 3.73. The van der Waals surface area contributed by atoms with E-state index in [0.717, 1.165) is 11.1 Å². The molecule has 0 heterocycles. The van der Waals surface area contributed by atoms with Crippen molar-refractivity contribution in [2.45, 2.75) is 26.7 Å². The molecular weight excluding hydrogens is 318 g/mol. The maximum atomic E-state index is 12.6. The summed E-state index contributed by atoms with van der Waals surface area (Å²) in [5, 5.41) is 12.6. The van der Waals surface area contributed by atoms with E-state index in [4.69, 9.17) is 16.3 Å². The standard InChI is InChI=1S/C17H20ClNO4/c1-9-6-12(13(17(21)22)7-10(9)2)16(20)19-14-8-11(18)4-5-15(14)23-3/h4-5,8,12-13H,6-7H2,1-3H3,(H,19,20)(H,21,22)/t12-,13+/m0/s1. The fourth-order valence-electron chi connectivity index (χ4n) is 2.83. The van der Waals surface area contributed by atoms with Crippen LogP contribution in [0.3, 0.4) is 0 Å². The summed E-state index contributed by atoms with van der Waals surface area (Å²) < 4.78 is 5.20. The number of rotatable bonds is 4. The highest BCUT2D eigenvalue weighted by Crippen LogP contribution is 2.36. The van der Waals surface area contributed by atoms with Gasteiger partial charge >= 0.3 is 5.97 Å². The van der Waals surface area contributed by atoms with Crippen LogP contribution in [0.4, 0.5) is 5.69 Å². The lowest BCUT2D eigenvalue weighted by Crippen LogP contribution is -2.36. The van der Waals surface area contributed by atoms with E-state index in [1.807, 2.05) is 13.8 Å². The van der Waals surface area contributed by atoms with Crippen molar-refractivity contribution in [3.63, 3.8) is 0 Å². The van der Waals surface area contributed by atoms with Gasteiger partial charge < -0.3 is 15.2 Å². The van der Waals surface area contributed by atoms with Crippen LogP contribution in [0.1, 0.15) is 26.7 Å². The molecule has 0 fully saturated rings. The Hall–Kier alpha value is -2.01. The summed E-state index contributed by atoms with van der Waals surface area (Å²) in [6, 6.07) is 4.90. The van der Waals surface area contributed by atoms with Crippen molar-refractivity contribution < 1.29 is 19.4 Å². The third-order valence-electron chi connectivity index (χ3n) is 4.34. The van der Waals surface area contributed by atoms with Crippen LogP contribution in [0.5, 0.6) is 5.75 Å². The Balaban J connectivity index is 2.25. The Morgan fingerprint density at radius 1 is 1.22 bits per heavy atom. The fourth-order valence-corrected chi connectivity index (χ4v) is 3.00. The van der Waals surface area contributed by atoms with E-state index in [9.17, 15) is 14.7 Å². The van der Waals surface area contributed by atoms with Gasteiger partial charge in [-0.1, -0.05) is 22.7 Å². The highest BCUT2D eigenvalue weighted by molar-refractivity contribution is 6.31. The molecule has 2 atom stereocenters. The molecule has 0 spiro atoms. The second kappa shape index (κ2) is 7.04. The number of halogens is 1. The lowest BCUT2D eigenvalue weighted by atomic mass is 9.76. The van der Waals surface area contributed by atoms with Gasteiger partial charge in [0.05, 0.1) is 24.6 Å². The minimum Gasteiger partial charge on any atom is -0.495 e. The van der Waals surface area contributed by atoms with Gasteiger partial charge in [0, 0.05) is 5.02 Å². The minimum atomic E-state index is -0.949. The SMILES string of the molecule is COc1ccc(Cl)cc1NC(=O)[C@H]1CC(C)=C(C)C[C@H]1C(=O)O. The van der Waals surface area contributed by atoms with Gasteiger partial charge in [-0.2, -0.15) is 0 Å². The zero-order valence-corrected chi connectivity index (χ0v) is 14.1. The monoisotopic (exact) mass is 337 g/mol. The van der Waals surface area contributed by atoms with Crippen LogP contribution in [0.15, 0.2) is 29.3 Å². The quantitative estimate of drug-likeness (QED) is 0.821. The number of nitrogens with one attached hydrogen (secondary N) is 1. The Bertz CT molecular complexity index is 669. The Morgan fingerprint density at radius 3 is 2.39 bits per heavy atom. The third kappa shape index (κ3) is 3.85. The fraction of sp³-hybridized carbons (Fsp3) is 0.412. The molecule has 0 bridgehead atoms. The first kappa shape index (κ1) is 17.3. The molecule has 23 heavy (non-hydrogen) atoms. The number of aliphatic carboxylic acids is 1. The number of hydrogen-bond donors (Lipinski definition) is 2. The molecular formula is C17H20ClNO4. The van der Waals surface area contributed by atoms with Crippen molar-refractivity contribution in [2.75, 3.05) is 12.4 Å². The number of carboxylic acids is 1. The van der Waals surface area contributed by atoms with Crippen molar-refractivity contribution in [2.24, 2.45) is 11.8 Å². The second-order valence-corrected chi connectivity index (χ2v) is 6.29. The Labute approximate surface area is 140 Å². The number of ether oxygens (including phenoxy) is 1. The number of carboxylic acid groups (broad SMARTS) is 1. The molecule has 5 nitrogen and oxygen atoms in total. The molecule has 1 aliphatic rings. The Kier molecular flexibility index (Phi) is 5.31. The van der Waals surface area contributed by atoms with Crippen LogP contribution >= 0.6 is 11.6 Å². The number of methoxy groups -OCH3 is 1. The number of benzene rings is 1. The topological polar surface area (TPSA) is 75.6 Å². The molecule has 2 N–H and O–H groups in total. The lowest BCUT2D eigenvalue weighted by Gasteiger charge is -2.29. The molecule has 0 aliphatic heterocycles. The third-order valence-corrected chi connectivity index (χ3v) is 4.57. The number of carbonyl (C=O) groups is 2. The number of anilines is 1. The van der Waals surface area contributed by atoms with Crippen molar-refractivity contribution in [3.8, 4) is 5.75 Å². The Morgan fingerprint density at radius 2 is 1.83 bits per heavy atom. The zero-order chi connectivity index (χ0) is 17.1. The lowest BCUT2D eigenvalue weighted by molar-refractivity contribution is -0.146. The first-order valence-corrected chi connectivity index (χ1v) is 7.73. The van der Waals surface area contributed by atoms with Crippen molar-refractivity contribution in [1.29, 1.82) is 0 Å². The minimum absolute atomic E-state index is 0.329. The highest BCUT2D eigenvalue weighted by atomic mass is 35.5. The molecule has 0 aromatic heterocycles. The van der Waals surface area contributed by atoms with Gasteiger partial charge in [0.1, 0.15) is 5.75 Å². The van der Waals surface area contributed by atoms with Crippen LogP contribution in [-0.4, -0.2) is 24.1 Å². The summed E-state index contributed by atoms with van der Waals surface area (Å²) in [4.78, 5) is 24.1. The van der Waals surface area contributed by atoms with Crippen molar-refractivity contribution >= 4 is 29.2 Å². The van der Waals surface area contributed by atoms with E-state index in [1.165, 1.54) is 7.11 Å². The zero-order valence-electron chi connectivity index (χ0n) is 13.4. The molecule has 124 valence electrons. The summed E-state index contributed by atoms with van der Waals surface area (Å²) in [5.74, 6) is -2.13. The second-order valence-electron chi connectivity index (χ2n) is 5.85. The van der Waals surface area contributed by atoms with Crippen LogP contribution < -0.4 is 10.1 Å². The van der Waals surface area contributed by atoms with Crippen LogP contribution in [0, 0.1) is 11.8 Å². The van der Waals surface area contributed by atoms with Crippen LogP contribution in [0.25, 0.3) is 0 Å². The van der Waals surface area contributed by atoms with Gasteiger partial charge in [0.25, 0.3) is 0 Å². The average molecular weight is 338 g/mol. The van der Waals surface area contributed by atoms with Crippen LogP contribution in [0.2, 0.25) is 5.02 Å². The summed E-state index contributed by atoms with van der Waals surface area (Å²) in [6.45, 7) is 3.85. The maximum Gasteiger partial charge on any atom is 0.307 e. The van der Waals surface area contributed by atoms with Crippen molar-refractivity contribution in [3.05, 3.63) is 34.4 Å². The largest absolute Gasteiger partial charge is 0.495 e. The summed E-state index contributed by atoms with van der Waals surface area (Å²) in [5.41, 5.74) is 2.56. The van der Waals surface area contributed by atoms with Gasteiger partial charge in [0.15, 0.2) is 0 Å². The summed E-state index contributed by atoms with van der Waals surface area (Å²) in [6.07, 6.45) is 0.837. The molecule has 1 aliphatic carbocycles. The molecule has 6 heteroatoms. The summed E-state index contributed by atoms with van der Waals surface area (Å²) >= 11 is 5.96. The number of allylic oxidation sites excluding steroid dienone is 2. The molecule has 1 amide bonds. The number of hydrogen-bond acceptors (Lipinski definition) is 3. The smallest absolute Gasteiger partial charge is 0.307 e. The maximum absolute atomic E-state index is 12.6. The van der Waals surface area contributed by atoms with E-state index >= 15 is 0 Å².